The molecule has 4 nitrogen and oxygen atoms in total. The number of aromatic nitrogens is 2. The number of nitrogens with one attached hydrogen (secondary N) is 1. The molecule has 1 aromatic heterocycles. The summed E-state index contributed by atoms with van der Waals surface area (Å²) in [6.45, 7) is 7.67. The van der Waals surface area contributed by atoms with Crippen LogP contribution in [0.2, 0.25) is 0 Å². The maximum atomic E-state index is 4.39. The van der Waals surface area contributed by atoms with Crippen LogP contribution >= 0.6 is 15.9 Å². The second-order valence-corrected chi connectivity index (χ2v) is 6.09. The zero-order valence-corrected chi connectivity index (χ0v) is 12.7. The molecule has 0 aromatic carbocycles. The highest BCUT2D eigenvalue weighted by atomic mass is 79.9. The Morgan fingerprint density at radius 1 is 1.56 bits per heavy atom. The van der Waals surface area contributed by atoms with Gasteiger partial charge in [-0.25, -0.2) is 9.97 Å². The molecule has 0 aliphatic carbocycles. The SMILES string of the molecule is CC(C)CNCC1CCCN1c1ncncc1Br. The Kier molecular flexibility index (Phi) is 4.95. The monoisotopic (exact) mass is 312 g/mol. The molecule has 1 N–H and O–H groups in total. The Morgan fingerprint density at radius 2 is 2.39 bits per heavy atom. The van der Waals surface area contributed by atoms with Crippen LogP contribution in [-0.4, -0.2) is 35.6 Å². The van der Waals surface area contributed by atoms with Gasteiger partial charge in [-0.3, -0.25) is 0 Å². The van der Waals surface area contributed by atoms with Gasteiger partial charge in [-0.1, -0.05) is 13.8 Å². The van der Waals surface area contributed by atoms with Crippen molar-refractivity contribution in [3.8, 4) is 0 Å². The largest absolute Gasteiger partial charge is 0.351 e. The number of anilines is 1. The summed E-state index contributed by atoms with van der Waals surface area (Å²) < 4.78 is 0.987. The zero-order chi connectivity index (χ0) is 13.0. The van der Waals surface area contributed by atoms with Crippen molar-refractivity contribution in [3.05, 3.63) is 17.0 Å². The number of nitrogens with zero attached hydrogens (tertiary/aromatic N) is 3. The fraction of sp³-hybridized carbons (Fsp3) is 0.692. The van der Waals surface area contributed by atoms with Crippen molar-refractivity contribution in [1.29, 1.82) is 0 Å². The van der Waals surface area contributed by atoms with Crippen molar-refractivity contribution in [2.45, 2.75) is 32.7 Å². The summed E-state index contributed by atoms with van der Waals surface area (Å²) in [6.07, 6.45) is 5.92. The molecule has 1 aliphatic rings. The summed E-state index contributed by atoms with van der Waals surface area (Å²) in [4.78, 5) is 10.8. The lowest BCUT2D eigenvalue weighted by atomic mass is 10.2. The quantitative estimate of drug-likeness (QED) is 0.906. The van der Waals surface area contributed by atoms with E-state index < -0.39 is 0 Å². The van der Waals surface area contributed by atoms with E-state index in [1.807, 2.05) is 6.20 Å². The average molecular weight is 313 g/mol. The third kappa shape index (κ3) is 3.42. The first kappa shape index (κ1) is 13.7. The maximum Gasteiger partial charge on any atom is 0.146 e. The van der Waals surface area contributed by atoms with E-state index >= 15 is 0 Å². The van der Waals surface area contributed by atoms with Gasteiger partial charge in [0.15, 0.2) is 0 Å². The predicted molar refractivity (Wildman–Crippen MR) is 77.8 cm³/mol. The molecule has 100 valence electrons. The smallest absolute Gasteiger partial charge is 0.146 e. The minimum Gasteiger partial charge on any atom is -0.351 e. The van der Waals surface area contributed by atoms with E-state index in [4.69, 9.17) is 0 Å². The van der Waals surface area contributed by atoms with Gasteiger partial charge in [-0.15, -0.1) is 0 Å². The summed E-state index contributed by atoms with van der Waals surface area (Å²) >= 11 is 3.54. The van der Waals surface area contributed by atoms with Gasteiger partial charge in [0.05, 0.1) is 4.47 Å². The Bertz CT molecular complexity index is 383. The Morgan fingerprint density at radius 3 is 3.11 bits per heavy atom. The number of hydrogen-bond donors (Lipinski definition) is 1. The molecule has 2 heterocycles. The molecule has 0 spiro atoms. The van der Waals surface area contributed by atoms with Crippen molar-refractivity contribution in [2.75, 3.05) is 24.5 Å². The standard InChI is InChI=1S/C13H21BrN4/c1-10(2)6-15-7-11-4-3-5-18(11)13-12(14)8-16-9-17-13/h8-11,15H,3-7H2,1-2H3. The molecule has 1 atom stereocenters. The molecule has 5 heteroatoms. The molecule has 2 rings (SSSR count). The fourth-order valence-corrected chi connectivity index (χ4v) is 2.83. The summed E-state index contributed by atoms with van der Waals surface area (Å²) in [5, 5.41) is 3.55. The molecule has 1 fully saturated rings. The Labute approximate surface area is 117 Å². The highest BCUT2D eigenvalue weighted by molar-refractivity contribution is 9.10. The first-order valence-electron chi connectivity index (χ1n) is 6.61. The normalized spacial score (nSPS) is 19.8. The number of halogens is 1. The fourth-order valence-electron chi connectivity index (χ4n) is 2.38. The summed E-state index contributed by atoms with van der Waals surface area (Å²) in [6, 6.07) is 0.551. The van der Waals surface area contributed by atoms with E-state index in [9.17, 15) is 0 Å². The van der Waals surface area contributed by atoms with E-state index in [0.29, 0.717) is 12.0 Å². The minimum atomic E-state index is 0.551. The maximum absolute atomic E-state index is 4.39. The van der Waals surface area contributed by atoms with Crippen LogP contribution in [0.25, 0.3) is 0 Å². The van der Waals surface area contributed by atoms with Gasteiger partial charge < -0.3 is 10.2 Å². The van der Waals surface area contributed by atoms with Crippen LogP contribution in [0.15, 0.2) is 17.0 Å². The lowest BCUT2D eigenvalue weighted by Gasteiger charge is -2.26. The molecule has 1 aromatic rings. The lowest BCUT2D eigenvalue weighted by molar-refractivity contribution is 0.511. The van der Waals surface area contributed by atoms with Crippen molar-refractivity contribution < 1.29 is 0 Å². The van der Waals surface area contributed by atoms with Crippen molar-refractivity contribution in [2.24, 2.45) is 5.92 Å². The van der Waals surface area contributed by atoms with E-state index in [0.717, 1.165) is 29.9 Å². The topological polar surface area (TPSA) is 41.0 Å². The summed E-state index contributed by atoms with van der Waals surface area (Å²) in [7, 11) is 0. The molecule has 1 saturated heterocycles. The van der Waals surface area contributed by atoms with Crippen molar-refractivity contribution in [1.82, 2.24) is 15.3 Å². The van der Waals surface area contributed by atoms with Gasteiger partial charge in [-0.05, 0) is 41.2 Å². The van der Waals surface area contributed by atoms with E-state index in [-0.39, 0.29) is 0 Å². The molecule has 0 saturated carbocycles. The Balaban J connectivity index is 1.97. The zero-order valence-electron chi connectivity index (χ0n) is 11.1. The van der Waals surface area contributed by atoms with Crippen molar-refractivity contribution >= 4 is 21.7 Å². The second kappa shape index (κ2) is 6.48. The van der Waals surface area contributed by atoms with Crippen LogP contribution in [0, 0.1) is 5.92 Å². The molecule has 0 radical (unpaired) electrons. The molecule has 1 aliphatic heterocycles. The van der Waals surface area contributed by atoms with Crippen LogP contribution in [-0.2, 0) is 0 Å². The third-order valence-corrected chi connectivity index (χ3v) is 3.79. The Hall–Kier alpha value is -0.680. The third-order valence-electron chi connectivity index (χ3n) is 3.23. The first-order valence-corrected chi connectivity index (χ1v) is 7.40. The molecule has 18 heavy (non-hydrogen) atoms. The number of rotatable bonds is 5. The van der Waals surface area contributed by atoms with Crippen LogP contribution in [0.1, 0.15) is 26.7 Å². The molecule has 1 unspecified atom stereocenters. The number of hydrogen-bond acceptors (Lipinski definition) is 4. The minimum absolute atomic E-state index is 0.551. The van der Waals surface area contributed by atoms with Gasteiger partial charge >= 0.3 is 0 Å². The highest BCUT2D eigenvalue weighted by Crippen LogP contribution is 2.28. The summed E-state index contributed by atoms with van der Waals surface area (Å²) in [5.74, 6) is 1.73. The first-order chi connectivity index (χ1) is 8.68. The van der Waals surface area contributed by atoms with Gasteiger partial charge in [0.1, 0.15) is 12.1 Å². The van der Waals surface area contributed by atoms with E-state index in [1.165, 1.54) is 12.8 Å². The van der Waals surface area contributed by atoms with Gasteiger partial charge in [0.25, 0.3) is 0 Å². The molecular weight excluding hydrogens is 292 g/mol. The van der Waals surface area contributed by atoms with Crippen LogP contribution in [0.3, 0.4) is 0 Å². The second-order valence-electron chi connectivity index (χ2n) is 5.24. The molecular formula is C13H21BrN4. The van der Waals surface area contributed by atoms with E-state index in [2.05, 4.69) is 50.0 Å². The van der Waals surface area contributed by atoms with E-state index in [1.54, 1.807) is 6.33 Å². The van der Waals surface area contributed by atoms with Crippen LogP contribution < -0.4 is 10.2 Å². The average Bonchev–Trinajstić information content (AvgIpc) is 2.77. The van der Waals surface area contributed by atoms with Crippen molar-refractivity contribution in [3.63, 3.8) is 0 Å². The molecule has 0 bridgehead atoms. The van der Waals surface area contributed by atoms with Gasteiger partial charge in [0, 0.05) is 25.3 Å². The van der Waals surface area contributed by atoms with Gasteiger partial charge in [0.2, 0.25) is 0 Å². The summed E-state index contributed by atoms with van der Waals surface area (Å²) in [5.41, 5.74) is 0. The van der Waals surface area contributed by atoms with Crippen LogP contribution in [0.4, 0.5) is 5.82 Å². The highest BCUT2D eigenvalue weighted by Gasteiger charge is 2.26. The van der Waals surface area contributed by atoms with Gasteiger partial charge in [-0.2, -0.15) is 0 Å². The predicted octanol–water partition coefficient (Wildman–Crippen LogP) is 2.45. The van der Waals surface area contributed by atoms with Crippen LogP contribution in [0.5, 0.6) is 0 Å². The molecule has 0 amide bonds. The lowest BCUT2D eigenvalue weighted by Crippen LogP contribution is -2.39.